The van der Waals surface area contributed by atoms with Crippen LogP contribution in [-0.2, 0) is 14.6 Å². The summed E-state index contributed by atoms with van der Waals surface area (Å²) in [5, 5.41) is 0.0565. The zero-order valence-electron chi connectivity index (χ0n) is 8.94. The molecule has 0 atom stereocenters. The maximum absolute atomic E-state index is 11.4. The van der Waals surface area contributed by atoms with Crippen molar-refractivity contribution in [3.63, 3.8) is 0 Å². The molecule has 0 radical (unpaired) electrons. The summed E-state index contributed by atoms with van der Waals surface area (Å²) in [6.45, 7) is -0.171. The lowest BCUT2D eigenvalue weighted by Gasteiger charge is -2.05. The van der Waals surface area contributed by atoms with Gasteiger partial charge in [0.1, 0.15) is 0 Å². The minimum absolute atomic E-state index is 0.0565. The highest BCUT2D eigenvalue weighted by Crippen LogP contribution is 2.22. The smallest absolute Gasteiger partial charge is 0.339 e. The second kappa shape index (κ2) is 5.21. The Kier molecular flexibility index (Phi) is 4.16. The Morgan fingerprint density at radius 3 is 2.71 bits per heavy atom. The number of rotatable bonds is 3. The van der Waals surface area contributed by atoms with Crippen molar-refractivity contribution < 1.29 is 17.9 Å². The van der Waals surface area contributed by atoms with E-state index in [-0.39, 0.29) is 22.1 Å². The van der Waals surface area contributed by atoms with E-state index in [0.717, 1.165) is 12.3 Å². The molecule has 0 aromatic heterocycles. The monoisotopic (exact) mass is 272 g/mol. The first-order valence-corrected chi connectivity index (χ1v) is 6.73. The lowest BCUT2D eigenvalue weighted by atomic mass is 10.2. The number of sulfone groups is 1. The van der Waals surface area contributed by atoms with Gasteiger partial charge in [-0.25, -0.2) is 13.2 Å². The number of ether oxygens (including phenoxy) is 1. The van der Waals surface area contributed by atoms with Crippen molar-refractivity contribution in [2.45, 2.75) is 4.90 Å². The summed E-state index contributed by atoms with van der Waals surface area (Å²) in [5.74, 6) is 1.45. The minimum Gasteiger partial charge on any atom is -0.449 e. The third-order valence-electron chi connectivity index (χ3n) is 1.85. The molecule has 0 spiro atoms. The minimum atomic E-state index is -3.49. The highest BCUT2D eigenvalue weighted by atomic mass is 35.5. The first kappa shape index (κ1) is 13.6. The molecule has 0 bridgehead atoms. The molecule has 0 aliphatic rings. The van der Waals surface area contributed by atoms with E-state index in [0.29, 0.717) is 0 Å². The molecule has 0 N–H and O–H groups in total. The second-order valence-electron chi connectivity index (χ2n) is 3.20. The van der Waals surface area contributed by atoms with Crippen molar-refractivity contribution in [3.8, 4) is 12.3 Å². The van der Waals surface area contributed by atoms with E-state index in [4.69, 9.17) is 18.0 Å². The number of hydrogen-bond donors (Lipinski definition) is 0. The number of hydrogen-bond acceptors (Lipinski definition) is 4. The highest BCUT2D eigenvalue weighted by Gasteiger charge is 2.16. The van der Waals surface area contributed by atoms with Crippen molar-refractivity contribution >= 4 is 27.4 Å². The average Bonchev–Trinajstić information content (AvgIpc) is 2.25. The van der Waals surface area contributed by atoms with Crippen LogP contribution in [0.1, 0.15) is 10.4 Å². The standard InChI is InChI=1S/C11H9ClO4S/c1-3-6-16-11(13)8-4-5-9(12)10(7-8)17(2,14)15/h1,4-5,7H,6H2,2H3. The predicted octanol–water partition coefficient (Wildman–Crippen LogP) is 1.53. The molecule has 0 aliphatic carbocycles. The van der Waals surface area contributed by atoms with Crippen LogP contribution in [0.15, 0.2) is 23.1 Å². The van der Waals surface area contributed by atoms with E-state index in [9.17, 15) is 13.2 Å². The topological polar surface area (TPSA) is 60.4 Å². The van der Waals surface area contributed by atoms with Gasteiger partial charge in [0, 0.05) is 6.26 Å². The van der Waals surface area contributed by atoms with Gasteiger partial charge in [-0.1, -0.05) is 17.5 Å². The number of carbonyl (C=O) groups is 1. The average molecular weight is 273 g/mol. The number of terminal acetylenes is 1. The summed E-state index contributed by atoms with van der Waals surface area (Å²) in [6, 6.07) is 3.86. The Morgan fingerprint density at radius 2 is 2.18 bits per heavy atom. The quantitative estimate of drug-likeness (QED) is 0.618. The van der Waals surface area contributed by atoms with Gasteiger partial charge in [0.05, 0.1) is 15.5 Å². The Hall–Kier alpha value is -1.51. The van der Waals surface area contributed by atoms with Crippen LogP contribution in [0.3, 0.4) is 0 Å². The fourth-order valence-corrected chi connectivity index (χ4v) is 2.41. The van der Waals surface area contributed by atoms with Gasteiger partial charge in [-0.05, 0) is 18.2 Å². The van der Waals surface area contributed by atoms with Crippen molar-refractivity contribution in [2.24, 2.45) is 0 Å². The van der Waals surface area contributed by atoms with Gasteiger partial charge >= 0.3 is 5.97 Å². The van der Waals surface area contributed by atoms with Crippen LogP contribution < -0.4 is 0 Å². The molecule has 0 aliphatic heterocycles. The zero-order valence-corrected chi connectivity index (χ0v) is 10.5. The number of halogens is 1. The Bertz CT molecular complexity index is 584. The van der Waals surface area contributed by atoms with Crippen molar-refractivity contribution in [2.75, 3.05) is 12.9 Å². The first-order chi connectivity index (χ1) is 7.86. The molecule has 0 fully saturated rings. The van der Waals surface area contributed by atoms with Crippen LogP contribution >= 0.6 is 11.6 Å². The highest BCUT2D eigenvalue weighted by molar-refractivity contribution is 7.90. The lowest BCUT2D eigenvalue weighted by molar-refractivity contribution is 0.0556. The summed E-state index contributed by atoms with van der Waals surface area (Å²) in [4.78, 5) is 11.3. The van der Waals surface area contributed by atoms with Crippen LogP contribution in [0.5, 0.6) is 0 Å². The summed E-state index contributed by atoms with van der Waals surface area (Å²) in [7, 11) is -3.49. The largest absolute Gasteiger partial charge is 0.449 e. The molecule has 1 rings (SSSR count). The van der Waals surface area contributed by atoms with Gasteiger partial charge in [0.2, 0.25) is 0 Å². The molecule has 4 nitrogen and oxygen atoms in total. The first-order valence-electron chi connectivity index (χ1n) is 4.46. The number of benzene rings is 1. The van der Waals surface area contributed by atoms with Gasteiger partial charge in [0.15, 0.2) is 16.4 Å². The van der Waals surface area contributed by atoms with E-state index in [1.54, 1.807) is 0 Å². The summed E-state index contributed by atoms with van der Waals surface area (Å²) in [5.41, 5.74) is 0.0880. The van der Waals surface area contributed by atoms with E-state index in [1.165, 1.54) is 12.1 Å². The molecule has 1 aromatic rings. The van der Waals surface area contributed by atoms with Crippen LogP contribution in [0, 0.1) is 12.3 Å². The normalized spacial score (nSPS) is 10.6. The number of carbonyl (C=O) groups excluding carboxylic acids is 1. The Balaban J connectivity index is 3.14. The van der Waals surface area contributed by atoms with E-state index in [2.05, 4.69) is 10.7 Å². The van der Waals surface area contributed by atoms with E-state index in [1.807, 2.05) is 0 Å². The molecule has 0 saturated heterocycles. The molecular formula is C11H9ClO4S. The van der Waals surface area contributed by atoms with Crippen LogP contribution in [0.4, 0.5) is 0 Å². The van der Waals surface area contributed by atoms with Crippen LogP contribution in [0.25, 0.3) is 0 Å². The molecular weight excluding hydrogens is 264 g/mol. The fraction of sp³-hybridized carbons (Fsp3) is 0.182. The van der Waals surface area contributed by atoms with Crippen molar-refractivity contribution in [1.82, 2.24) is 0 Å². The van der Waals surface area contributed by atoms with Crippen LogP contribution in [0.2, 0.25) is 5.02 Å². The third kappa shape index (κ3) is 3.48. The fourth-order valence-electron chi connectivity index (χ4n) is 1.11. The van der Waals surface area contributed by atoms with E-state index >= 15 is 0 Å². The van der Waals surface area contributed by atoms with Crippen molar-refractivity contribution in [1.29, 1.82) is 0 Å². The van der Waals surface area contributed by atoms with Gasteiger partial charge in [-0.2, -0.15) is 0 Å². The summed E-state index contributed by atoms with van der Waals surface area (Å²) in [6.07, 6.45) is 5.94. The van der Waals surface area contributed by atoms with Gasteiger partial charge in [-0.15, -0.1) is 6.42 Å². The van der Waals surface area contributed by atoms with E-state index < -0.39 is 15.8 Å². The third-order valence-corrected chi connectivity index (χ3v) is 3.43. The lowest BCUT2D eigenvalue weighted by Crippen LogP contribution is -2.07. The molecule has 17 heavy (non-hydrogen) atoms. The maximum Gasteiger partial charge on any atom is 0.339 e. The summed E-state index contributed by atoms with van der Waals surface area (Å²) < 4.78 is 27.4. The molecule has 0 saturated carbocycles. The SMILES string of the molecule is C#CCOC(=O)c1ccc(Cl)c(S(C)(=O)=O)c1. The molecule has 6 heteroatoms. The summed E-state index contributed by atoms with van der Waals surface area (Å²) >= 11 is 5.73. The molecule has 90 valence electrons. The Morgan fingerprint density at radius 1 is 1.53 bits per heavy atom. The Labute approximate surface area is 104 Å². The zero-order chi connectivity index (χ0) is 13.1. The van der Waals surface area contributed by atoms with Gasteiger partial charge in [0.25, 0.3) is 0 Å². The molecule has 1 aromatic carbocycles. The number of esters is 1. The second-order valence-corrected chi connectivity index (χ2v) is 5.59. The van der Waals surface area contributed by atoms with Gasteiger partial charge in [-0.3, -0.25) is 0 Å². The molecule has 0 amide bonds. The molecule has 0 heterocycles. The van der Waals surface area contributed by atoms with Crippen LogP contribution in [-0.4, -0.2) is 27.2 Å². The predicted molar refractivity (Wildman–Crippen MR) is 63.7 cm³/mol. The maximum atomic E-state index is 11.4. The van der Waals surface area contributed by atoms with Gasteiger partial charge < -0.3 is 4.74 Å². The molecule has 0 unspecified atom stereocenters. The van der Waals surface area contributed by atoms with Crippen molar-refractivity contribution in [3.05, 3.63) is 28.8 Å².